The fraction of sp³-hybridized carbons (Fsp3) is 0.467. The van der Waals surface area contributed by atoms with E-state index in [9.17, 15) is 14.0 Å². The molecule has 0 radical (unpaired) electrons. The zero-order valence-corrected chi connectivity index (χ0v) is 13.6. The van der Waals surface area contributed by atoms with Crippen LogP contribution < -0.4 is 5.32 Å². The van der Waals surface area contributed by atoms with Gasteiger partial charge in [-0.3, -0.25) is 9.59 Å². The van der Waals surface area contributed by atoms with Crippen LogP contribution in [0, 0.1) is 11.7 Å². The maximum atomic E-state index is 13.9. The number of rotatable bonds is 4. The summed E-state index contributed by atoms with van der Waals surface area (Å²) in [6.07, 6.45) is 0.789. The van der Waals surface area contributed by atoms with Gasteiger partial charge in [0.25, 0.3) is 0 Å². The molecule has 2 amide bonds. The molecule has 4 nitrogen and oxygen atoms in total. The monoisotopic (exact) mass is 356 g/mol. The Morgan fingerprint density at radius 1 is 1.48 bits per heavy atom. The van der Waals surface area contributed by atoms with Gasteiger partial charge in [-0.15, -0.1) is 0 Å². The Labute approximate surface area is 131 Å². The molecule has 0 aromatic heterocycles. The van der Waals surface area contributed by atoms with Gasteiger partial charge >= 0.3 is 0 Å². The third kappa shape index (κ3) is 3.61. The van der Waals surface area contributed by atoms with E-state index in [4.69, 9.17) is 0 Å². The lowest BCUT2D eigenvalue weighted by Gasteiger charge is -2.35. The molecule has 21 heavy (non-hydrogen) atoms. The molecule has 0 spiro atoms. The summed E-state index contributed by atoms with van der Waals surface area (Å²) < 4.78 is 14.5. The number of halogens is 2. The molecule has 1 fully saturated rings. The molecular formula is C15H18BrFN2O2. The van der Waals surface area contributed by atoms with Crippen LogP contribution in [0.4, 0.5) is 4.39 Å². The molecule has 2 rings (SSSR count). The number of nitrogens with zero attached hydrogens (tertiary/aromatic N) is 1. The number of piperazine rings is 1. The Bertz CT molecular complexity index is 565. The van der Waals surface area contributed by atoms with E-state index in [1.165, 1.54) is 11.0 Å². The first-order valence-electron chi connectivity index (χ1n) is 6.94. The number of carbonyl (C=O) groups excluding carboxylic acids is 2. The average Bonchev–Trinajstić information content (AvgIpc) is 2.44. The summed E-state index contributed by atoms with van der Waals surface area (Å²) in [5.41, 5.74) is 0.407. The van der Waals surface area contributed by atoms with E-state index in [-0.39, 0.29) is 36.6 Å². The molecular weight excluding hydrogens is 339 g/mol. The van der Waals surface area contributed by atoms with Crippen LogP contribution in [-0.4, -0.2) is 29.3 Å². The second-order valence-corrected chi connectivity index (χ2v) is 6.28. The quantitative estimate of drug-likeness (QED) is 0.900. The van der Waals surface area contributed by atoms with Gasteiger partial charge in [-0.05, 0) is 18.1 Å². The molecule has 2 unspecified atom stereocenters. The van der Waals surface area contributed by atoms with E-state index in [1.807, 2.05) is 13.8 Å². The first-order chi connectivity index (χ1) is 9.92. The second-order valence-electron chi connectivity index (χ2n) is 5.36. The highest BCUT2D eigenvalue weighted by Crippen LogP contribution is 2.20. The van der Waals surface area contributed by atoms with E-state index in [0.29, 0.717) is 10.0 Å². The predicted molar refractivity (Wildman–Crippen MR) is 80.9 cm³/mol. The van der Waals surface area contributed by atoms with E-state index in [0.717, 1.165) is 6.42 Å². The third-order valence-electron chi connectivity index (χ3n) is 3.82. The minimum absolute atomic E-state index is 0.0265. The van der Waals surface area contributed by atoms with Crippen molar-refractivity contribution in [3.05, 3.63) is 34.1 Å². The predicted octanol–water partition coefficient (Wildman–Crippen LogP) is 2.46. The van der Waals surface area contributed by atoms with E-state index >= 15 is 0 Å². The molecule has 1 saturated heterocycles. The fourth-order valence-corrected chi connectivity index (χ4v) is 2.67. The molecule has 1 aromatic carbocycles. The summed E-state index contributed by atoms with van der Waals surface area (Å²) in [7, 11) is 0. The van der Waals surface area contributed by atoms with Crippen molar-refractivity contribution in [3.8, 4) is 0 Å². The summed E-state index contributed by atoms with van der Waals surface area (Å²) in [4.78, 5) is 25.6. The van der Waals surface area contributed by atoms with Gasteiger partial charge in [-0.2, -0.15) is 0 Å². The molecule has 114 valence electrons. The van der Waals surface area contributed by atoms with Crippen molar-refractivity contribution in [2.75, 3.05) is 6.54 Å². The lowest BCUT2D eigenvalue weighted by Crippen LogP contribution is -2.59. The molecule has 0 bridgehead atoms. The van der Waals surface area contributed by atoms with Gasteiger partial charge in [0.2, 0.25) is 11.8 Å². The first kappa shape index (κ1) is 15.9. The van der Waals surface area contributed by atoms with E-state index in [2.05, 4.69) is 21.2 Å². The zero-order valence-electron chi connectivity index (χ0n) is 12.0. The standard InChI is InChI=1S/C15H18BrFN2O2/c1-3-9(2)14-15(21)19(8-13(20)18-14)7-10-4-5-11(16)6-12(10)17/h4-6,9,14H,3,7-8H2,1-2H3,(H,18,20). The molecule has 1 aromatic rings. The summed E-state index contributed by atoms with van der Waals surface area (Å²) >= 11 is 3.20. The van der Waals surface area contributed by atoms with Crippen LogP contribution in [0.3, 0.4) is 0 Å². The number of nitrogens with one attached hydrogen (secondary N) is 1. The van der Waals surface area contributed by atoms with Gasteiger partial charge < -0.3 is 10.2 Å². The van der Waals surface area contributed by atoms with Crippen LogP contribution in [0.2, 0.25) is 0 Å². The van der Waals surface area contributed by atoms with Gasteiger partial charge in [0, 0.05) is 16.6 Å². The number of hydrogen-bond acceptors (Lipinski definition) is 2. The zero-order chi connectivity index (χ0) is 15.6. The lowest BCUT2D eigenvalue weighted by atomic mass is 9.96. The van der Waals surface area contributed by atoms with Gasteiger partial charge in [0.05, 0.1) is 6.54 Å². The summed E-state index contributed by atoms with van der Waals surface area (Å²) in [6, 6.07) is 4.18. The fourth-order valence-electron chi connectivity index (χ4n) is 2.34. The Kier molecular flexibility index (Phi) is 4.98. The molecule has 2 atom stereocenters. The Morgan fingerprint density at radius 2 is 2.19 bits per heavy atom. The number of benzene rings is 1. The Balaban J connectivity index is 2.18. The highest BCUT2D eigenvalue weighted by atomic mass is 79.9. The lowest BCUT2D eigenvalue weighted by molar-refractivity contribution is -0.146. The van der Waals surface area contributed by atoms with Gasteiger partial charge in [-0.1, -0.05) is 42.3 Å². The molecule has 1 aliphatic rings. The molecule has 0 saturated carbocycles. The highest BCUT2D eigenvalue weighted by Gasteiger charge is 2.35. The van der Waals surface area contributed by atoms with Crippen LogP contribution in [-0.2, 0) is 16.1 Å². The Morgan fingerprint density at radius 3 is 2.81 bits per heavy atom. The minimum Gasteiger partial charge on any atom is -0.342 e. The van der Waals surface area contributed by atoms with Crippen LogP contribution in [0.1, 0.15) is 25.8 Å². The van der Waals surface area contributed by atoms with Crippen molar-refractivity contribution in [3.63, 3.8) is 0 Å². The van der Waals surface area contributed by atoms with Crippen LogP contribution in [0.15, 0.2) is 22.7 Å². The van der Waals surface area contributed by atoms with E-state index in [1.54, 1.807) is 12.1 Å². The van der Waals surface area contributed by atoms with Crippen molar-refractivity contribution in [2.24, 2.45) is 5.92 Å². The normalized spacial score (nSPS) is 20.4. The highest BCUT2D eigenvalue weighted by molar-refractivity contribution is 9.10. The molecule has 1 N–H and O–H groups in total. The first-order valence-corrected chi connectivity index (χ1v) is 7.73. The van der Waals surface area contributed by atoms with E-state index < -0.39 is 6.04 Å². The van der Waals surface area contributed by atoms with Crippen LogP contribution in [0.5, 0.6) is 0 Å². The van der Waals surface area contributed by atoms with Crippen molar-refractivity contribution in [1.82, 2.24) is 10.2 Å². The maximum absolute atomic E-state index is 13.9. The molecule has 1 heterocycles. The molecule has 6 heteroatoms. The maximum Gasteiger partial charge on any atom is 0.246 e. The minimum atomic E-state index is -0.519. The van der Waals surface area contributed by atoms with Gasteiger partial charge in [-0.25, -0.2) is 4.39 Å². The van der Waals surface area contributed by atoms with Crippen LogP contribution >= 0.6 is 15.9 Å². The number of hydrogen-bond donors (Lipinski definition) is 1. The van der Waals surface area contributed by atoms with Crippen molar-refractivity contribution in [2.45, 2.75) is 32.9 Å². The SMILES string of the molecule is CCC(C)C1NC(=O)CN(Cc2ccc(Br)cc2F)C1=O. The second kappa shape index (κ2) is 6.56. The average molecular weight is 357 g/mol. The summed E-state index contributed by atoms with van der Waals surface area (Å²) in [5, 5.41) is 2.72. The Hall–Kier alpha value is -1.43. The van der Waals surface area contributed by atoms with Crippen molar-refractivity contribution in [1.29, 1.82) is 0 Å². The molecule has 0 aliphatic carbocycles. The smallest absolute Gasteiger partial charge is 0.246 e. The summed E-state index contributed by atoms with van der Waals surface area (Å²) in [6.45, 7) is 3.98. The number of amides is 2. The topological polar surface area (TPSA) is 49.4 Å². The van der Waals surface area contributed by atoms with Crippen molar-refractivity contribution < 1.29 is 14.0 Å². The van der Waals surface area contributed by atoms with Gasteiger partial charge in [0.1, 0.15) is 11.9 Å². The van der Waals surface area contributed by atoms with Gasteiger partial charge in [0.15, 0.2) is 0 Å². The summed E-state index contributed by atoms with van der Waals surface area (Å²) in [5.74, 6) is -0.675. The van der Waals surface area contributed by atoms with Crippen LogP contribution in [0.25, 0.3) is 0 Å². The molecule has 1 aliphatic heterocycles. The van der Waals surface area contributed by atoms with Crippen molar-refractivity contribution >= 4 is 27.7 Å². The largest absolute Gasteiger partial charge is 0.342 e. The third-order valence-corrected chi connectivity index (χ3v) is 4.31. The number of carbonyl (C=O) groups is 2.